The van der Waals surface area contributed by atoms with Gasteiger partial charge in [-0.15, -0.1) is 0 Å². The maximum atomic E-state index is 14.0. The molecule has 3 nitrogen and oxygen atoms in total. The molecule has 0 unspecified atom stereocenters. The highest BCUT2D eigenvalue weighted by Crippen LogP contribution is 2.41. The van der Waals surface area contributed by atoms with E-state index in [9.17, 15) is 13.2 Å². The average Bonchev–Trinajstić information content (AvgIpc) is 3.04. The number of fused-ring (bicyclic) bond motifs is 2. The molecule has 196 valence electrons. The van der Waals surface area contributed by atoms with Crippen molar-refractivity contribution >= 4 is 15.6 Å². The van der Waals surface area contributed by atoms with Gasteiger partial charge in [-0.1, -0.05) is 121 Å². The summed E-state index contributed by atoms with van der Waals surface area (Å²) in [5.41, 5.74) is 7.97. The van der Waals surface area contributed by atoms with Crippen LogP contribution in [0.2, 0.25) is 0 Å². The fourth-order valence-corrected chi connectivity index (χ4v) is 7.30. The molecule has 0 radical (unpaired) electrons. The highest BCUT2D eigenvalue weighted by molar-refractivity contribution is 7.91. The van der Waals surface area contributed by atoms with Gasteiger partial charge in [0.15, 0.2) is 5.78 Å². The number of benzene rings is 6. The zero-order chi connectivity index (χ0) is 28.0. The summed E-state index contributed by atoms with van der Waals surface area (Å²) in [5, 5.41) is 0. The second-order valence-corrected chi connectivity index (χ2v) is 12.0. The van der Waals surface area contributed by atoms with Crippen LogP contribution in [0.15, 0.2) is 155 Å². The minimum atomic E-state index is -3.88. The van der Waals surface area contributed by atoms with E-state index >= 15 is 0 Å². The Morgan fingerprint density at radius 3 is 1.07 bits per heavy atom. The van der Waals surface area contributed by atoms with E-state index in [1.165, 1.54) is 0 Å². The van der Waals surface area contributed by atoms with Crippen molar-refractivity contribution < 1.29 is 13.2 Å². The molecule has 0 spiro atoms. The lowest BCUT2D eigenvalue weighted by Crippen LogP contribution is -2.20. The number of carbonyl (C=O) groups excluding carboxylic acids is 1. The van der Waals surface area contributed by atoms with Crippen molar-refractivity contribution in [1.29, 1.82) is 0 Å². The second-order valence-electron chi connectivity index (χ2n) is 10.1. The van der Waals surface area contributed by atoms with Crippen LogP contribution in [0, 0.1) is 0 Å². The molecule has 0 amide bonds. The summed E-state index contributed by atoms with van der Waals surface area (Å²) in [6.07, 6.45) is 0. The predicted octanol–water partition coefficient (Wildman–Crippen LogP) is 8.73. The first-order valence-corrected chi connectivity index (χ1v) is 14.9. The van der Waals surface area contributed by atoms with E-state index in [4.69, 9.17) is 0 Å². The largest absolute Gasteiger partial charge is 0.289 e. The molecular formula is C37H24O3S. The molecule has 4 heteroatoms. The molecule has 1 aliphatic rings. The number of carbonyl (C=O) groups is 1. The lowest BCUT2D eigenvalue weighted by molar-refractivity contribution is 0.103. The maximum Gasteiger partial charge on any atom is 0.208 e. The smallest absolute Gasteiger partial charge is 0.208 e. The van der Waals surface area contributed by atoms with E-state index in [2.05, 4.69) is 0 Å². The molecule has 0 N–H and O–H groups in total. The summed E-state index contributed by atoms with van der Waals surface area (Å²) in [7, 11) is -3.88. The summed E-state index contributed by atoms with van der Waals surface area (Å²) in [5.74, 6) is -0.289. The number of ketones is 1. The van der Waals surface area contributed by atoms with Gasteiger partial charge in [-0.3, -0.25) is 4.79 Å². The highest BCUT2D eigenvalue weighted by atomic mass is 32.2. The molecule has 0 aromatic heterocycles. The van der Waals surface area contributed by atoms with E-state index in [0.717, 1.165) is 44.5 Å². The third-order valence-electron chi connectivity index (χ3n) is 7.67. The van der Waals surface area contributed by atoms with Crippen LogP contribution in [0.25, 0.3) is 44.5 Å². The summed E-state index contributed by atoms with van der Waals surface area (Å²) in [6, 6.07) is 46.1. The van der Waals surface area contributed by atoms with E-state index in [0.29, 0.717) is 0 Å². The molecule has 7 rings (SSSR count). The van der Waals surface area contributed by atoms with Gasteiger partial charge in [0.2, 0.25) is 9.84 Å². The van der Waals surface area contributed by atoms with Gasteiger partial charge in [0.1, 0.15) is 0 Å². The third kappa shape index (κ3) is 4.21. The van der Waals surface area contributed by atoms with Crippen LogP contribution in [0.3, 0.4) is 0 Å². The molecule has 0 saturated heterocycles. The Kier molecular flexibility index (Phi) is 5.99. The minimum absolute atomic E-state index is 0.0494. The van der Waals surface area contributed by atoms with Crippen molar-refractivity contribution in [1.82, 2.24) is 0 Å². The molecule has 0 aliphatic carbocycles. The summed E-state index contributed by atoms with van der Waals surface area (Å²) >= 11 is 0. The molecule has 0 bridgehead atoms. The van der Waals surface area contributed by atoms with E-state index < -0.39 is 9.84 Å². The lowest BCUT2D eigenvalue weighted by atomic mass is 9.90. The van der Waals surface area contributed by atoms with E-state index in [1.807, 2.05) is 109 Å². The zero-order valence-corrected chi connectivity index (χ0v) is 22.8. The van der Waals surface area contributed by atoms with Crippen LogP contribution in [0.4, 0.5) is 0 Å². The second kappa shape index (κ2) is 9.84. The number of rotatable bonds is 4. The highest BCUT2D eigenvalue weighted by Gasteiger charge is 2.35. The first kappa shape index (κ1) is 24.9. The van der Waals surface area contributed by atoms with Gasteiger partial charge in [0.05, 0.1) is 9.79 Å². The van der Waals surface area contributed by atoms with E-state index in [-0.39, 0.29) is 26.7 Å². The number of hydrogen-bond donors (Lipinski definition) is 0. The molecule has 1 heterocycles. The quantitative estimate of drug-likeness (QED) is 0.221. The summed E-state index contributed by atoms with van der Waals surface area (Å²) in [6.45, 7) is 0. The fraction of sp³-hybridized carbons (Fsp3) is 0. The van der Waals surface area contributed by atoms with Gasteiger partial charge < -0.3 is 0 Å². The Balaban J connectivity index is 1.36. The van der Waals surface area contributed by atoms with Crippen molar-refractivity contribution in [3.63, 3.8) is 0 Å². The lowest BCUT2D eigenvalue weighted by Gasteiger charge is -2.21. The zero-order valence-electron chi connectivity index (χ0n) is 22.0. The van der Waals surface area contributed by atoms with Gasteiger partial charge in [-0.2, -0.15) is 0 Å². The molecule has 0 fully saturated rings. The molecule has 6 aromatic carbocycles. The van der Waals surface area contributed by atoms with Gasteiger partial charge in [-0.05, 0) is 68.8 Å². The van der Waals surface area contributed by atoms with Crippen molar-refractivity contribution in [2.45, 2.75) is 9.79 Å². The van der Waals surface area contributed by atoms with Crippen molar-refractivity contribution in [3.05, 3.63) is 157 Å². The predicted molar refractivity (Wildman–Crippen MR) is 164 cm³/mol. The van der Waals surface area contributed by atoms with Crippen LogP contribution >= 0.6 is 0 Å². The van der Waals surface area contributed by atoms with Gasteiger partial charge in [-0.25, -0.2) is 8.42 Å². The SMILES string of the molecule is O=C1c2cc(-c3ccccc3-c3ccccc3)ccc2S(=O)(=O)c2ccc(-c3ccccc3-c3ccccc3)cc21. The van der Waals surface area contributed by atoms with Crippen LogP contribution in [0.5, 0.6) is 0 Å². The fourth-order valence-electron chi connectivity index (χ4n) is 5.69. The summed E-state index contributed by atoms with van der Waals surface area (Å²) < 4.78 is 27.5. The molecule has 1 aliphatic heterocycles. The van der Waals surface area contributed by atoms with Crippen LogP contribution in [-0.4, -0.2) is 14.2 Å². The standard InChI is InChI=1S/C37H24O3S/c38-37-33-23-27(31-17-9-7-15-29(31)25-11-3-1-4-12-25)19-21-35(33)41(39,40)36-22-20-28(24-34(36)37)32-18-10-8-16-30(32)26-13-5-2-6-14-26/h1-24H. The Hall–Kier alpha value is -5.06. The first-order chi connectivity index (χ1) is 20.0. The maximum absolute atomic E-state index is 14.0. The molecule has 0 saturated carbocycles. The van der Waals surface area contributed by atoms with Crippen molar-refractivity contribution in [2.75, 3.05) is 0 Å². The molecule has 41 heavy (non-hydrogen) atoms. The Bertz CT molecular complexity index is 1920. The minimum Gasteiger partial charge on any atom is -0.289 e. The number of sulfone groups is 1. The normalized spacial score (nSPS) is 13.3. The number of hydrogen-bond acceptors (Lipinski definition) is 3. The van der Waals surface area contributed by atoms with Crippen LogP contribution in [0.1, 0.15) is 15.9 Å². The Morgan fingerprint density at radius 1 is 0.341 bits per heavy atom. The average molecular weight is 549 g/mol. The monoisotopic (exact) mass is 548 g/mol. The van der Waals surface area contributed by atoms with Crippen molar-refractivity contribution in [2.24, 2.45) is 0 Å². The van der Waals surface area contributed by atoms with Gasteiger partial charge in [0.25, 0.3) is 0 Å². The molecule has 0 atom stereocenters. The van der Waals surface area contributed by atoms with E-state index in [1.54, 1.807) is 36.4 Å². The molecule has 6 aromatic rings. The molecular weight excluding hydrogens is 524 g/mol. The van der Waals surface area contributed by atoms with Crippen LogP contribution in [-0.2, 0) is 9.84 Å². The summed E-state index contributed by atoms with van der Waals surface area (Å²) in [4.78, 5) is 14.1. The first-order valence-electron chi connectivity index (χ1n) is 13.4. The Labute approximate surface area is 239 Å². The third-order valence-corrected chi connectivity index (χ3v) is 9.54. The Morgan fingerprint density at radius 2 is 0.683 bits per heavy atom. The topological polar surface area (TPSA) is 51.2 Å². The van der Waals surface area contributed by atoms with Gasteiger partial charge >= 0.3 is 0 Å². The van der Waals surface area contributed by atoms with Crippen molar-refractivity contribution in [3.8, 4) is 44.5 Å². The van der Waals surface area contributed by atoms with Gasteiger partial charge in [0, 0.05) is 11.1 Å². The van der Waals surface area contributed by atoms with Crippen LogP contribution < -0.4 is 0 Å².